The fourth-order valence-corrected chi connectivity index (χ4v) is 2.33. The van der Waals surface area contributed by atoms with Crippen molar-refractivity contribution in [3.8, 4) is 0 Å². The Morgan fingerprint density at radius 2 is 1.70 bits per heavy atom. The zero-order valence-electron chi connectivity index (χ0n) is 11.6. The summed E-state index contributed by atoms with van der Waals surface area (Å²) in [6.07, 6.45) is 0.836. The summed E-state index contributed by atoms with van der Waals surface area (Å²) in [5, 5.41) is 0.675. The van der Waals surface area contributed by atoms with Crippen LogP contribution in [0.2, 0.25) is 5.02 Å². The number of Topliss-reactive ketones (excluding diaryl/α,β-unsaturated/α-hetero) is 1. The van der Waals surface area contributed by atoms with Crippen LogP contribution in [0, 0.1) is 0 Å². The quantitative estimate of drug-likeness (QED) is 0.792. The lowest BCUT2D eigenvalue weighted by Gasteiger charge is -2.31. The molecule has 0 radical (unpaired) electrons. The Hall–Kier alpha value is -1.39. The van der Waals surface area contributed by atoms with Crippen LogP contribution in [0.4, 0.5) is 0 Å². The van der Waals surface area contributed by atoms with Gasteiger partial charge in [-0.15, -0.1) is 0 Å². The lowest BCUT2D eigenvalue weighted by atomic mass is 10.1. The summed E-state index contributed by atoms with van der Waals surface area (Å²) in [7, 11) is 2.02. The molecule has 1 aliphatic rings. The van der Waals surface area contributed by atoms with Gasteiger partial charge in [-0.2, -0.15) is 0 Å². The third kappa shape index (κ3) is 4.05. The van der Waals surface area contributed by atoms with Gasteiger partial charge in [-0.05, 0) is 31.2 Å². The number of halogens is 1. The van der Waals surface area contributed by atoms with Crippen LogP contribution in [0.1, 0.15) is 12.0 Å². The number of carbonyl (C=O) groups is 2. The van der Waals surface area contributed by atoms with Crippen LogP contribution in [0.15, 0.2) is 24.3 Å². The fourth-order valence-electron chi connectivity index (χ4n) is 2.20. The van der Waals surface area contributed by atoms with Crippen molar-refractivity contribution in [1.29, 1.82) is 0 Å². The topological polar surface area (TPSA) is 40.6 Å². The molecule has 108 valence electrons. The molecule has 1 heterocycles. The van der Waals surface area contributed by atoms with Gasteiger partial charge in [-0.25, -0.2) is 0 Å². The second kappa shape index (κ2) is 6.86. The van der Waals surface area contributed by atoms with E-state index < -0.39 is 0 Å². The normalized spacial score (nSPS) is 16.2. The van der Waals surface area contributed by atoms with E-state index in [1.54, 1.807) is 17.0 Å². The molecule has 0 N–H and O–H groups in total. The van der Waals surface area contributed by atoms with E-state index >= 15 is 0 Å². The molecule has 0 aliphatic carbocycles. The summed E-state index contributed by atoms with van der Waals surface area (Å²) in [6, 6.07) is 7.36. The highest BCUT2D eigenvalue weighted by Crippen LogP contribution is 2.11. The Labute approximate surface area is 124 Å². The monoisotopic (exact) mass is 294 g/mol. The fraction of sp³-hybridized carbons (Fsp3) is 0.467. The Bertz CT molecular complexity index is 479. The molecule has 5 heteroatoms. The largest absolute Gasteiger partial charge is 0.334 e. The van der Waals surface area contributed by atoms with Gasteiger partial charge in [0.25, 0.3) is 5.91 Å². The van der Waals surface area contributed by atoms with Gasteiger partial charge in [0, 0.05) is 37.6 Å². The standard InChI is InChI=1S/C15H19ClN2O2/c1-17-8-10-18(11-9-17)15(20)14(19)7-4-12-2-5-13(16)6-3-12/h2-3,5-6H,4,7-11H2,1H3. The number of amides is 1. The number of carbonyl (C=O) groups excluding carboxylic acids is 2. The average Bonchev–Trinajstić information content (AvgIpc) is 2.46. The van der Waals surface area contributed by atoms with Crippen molar-refractivity contribution in [1.82, 2.24) is 9.80 Å². The van der Waals surface area contributed by atoms with Crippen LogP contribution < -0.4 is 0 Å². The predicted octanol–water partition coefficient (Wildman–Crippen LogP) is 1.62. The lowest BCUT2D eigenvalue weighted by molar-refractivity contribution is -0.145. The summed E-state index contributed by atoms with van der Waals surface area (Å²) < 4.78 is 0. The molecule has 4 nitrogen and oxygen atoms in total. The Morgan fingerprint density at radius 3 is 2.30 bits per heavy atom. The summed E-state index contributed by atoms with van der Waals surface area (Å²) in [5.41, 5.74) is 1.02. The van der Waals surface area contributed by atoms with Crippen molar-refractivity contribution in [2.45, 2.75) is 12.8 Å². The van der Waals surface area contributed by atoms with E-state index in [0.29, 0.717) is 24.5 Å². The van der Waals surface area contributed by atoms with E-state index in [1.165, 1.54) is 0 Å². The van der Waals surface area contributed by atoms with Gasteiger partial charge in [0.15, 0.2) is 0 Å². The molecule has 0 spiro atoms. The Morgan fingerprint density at radius 1 is 1.10 bits per heavy atom. The van der Waals surface area contributed by atoms with Gasteiger partial charge in [0.1, 0.15) is 0 Å². The van der Waals surface area contributed by atoms with E-state index in [2.05, 4.69) is 4.90 Å². The van der Waals surface area contributed by atoms with Gasteiger partial charge in [0.05, 0.1) is 0 Å². The predicted molar refractivity (Wildman–Crippen MR) is 78.9 cm³/mol. The van der Waals surface area contributed by atoms with Crippen LogP contribution in [0.5, 0.6) is 0 Å². The second-order valence-corrected chi connectivity index (χ2v) is 5.58. The van der Waals surface area contributed by atoms with E-state index in [4.69, 9.17) is 11.6 Å². The molecule has 0 saturated carbocycles. The van der Waals surface area contributed by atoms with E-state index in [-0.39, 0.29) is 18.1 Å². The van der Waals surface area contributed by atoms with Crippen LogP contribution in [-0.2, 0) is 16.0 Å². The maximum atomic E-state index is 12.0. The maximum absolute atomic E-state index is 12.0. The van der Waals surface area contributed by atoms with E-state index in [0.717, 1.165) is 18.7 Å². The minimum atomic E-state index is -0.341. The van der Waals surface area contributed by atoms with Crippen molar-refractivity contribution in [3.05, 3.63) is 34.9 Å². The van der Waals surface area contributed by atoms with Gasteiger partial charge in [-0.3, -0.25) is 9.59 Å². The van der Waals surface area contributed by atoms with Crippen molar-refractivity contribution >= 4 is 23.3 Å². The highest BCUT2D eigenvalue weighted by Gasteiger charge is 2.24. The SMILES string of the molecule is CN1CCN(C(=O)C(=O)CCc2ccc(Cl)cc2)CC1. The molecule has 1 amide bonds. The molecule has 0 bridgehead atoms. The minimum absolute atomic E-state index is 0.257. The number of piperazine rings is 1. The molecular weight excluding hydrogens is 276 g/mol. The Balaban J connectivity index is 1.82. The van der Waals surface area contributed by atoms with Crippen molar-refractivity contribution in [2.24, 2.45) is 0 Å². The van der Waals surface area contributed by atoms with Crippen molar-refractivity contribution < 1.29 is 9.59 Å². The Kier molecular flexibility index (Phi) is 5.15. The highest BCUT2D eigenvalue weighted by atomic mass is 35.5. The first-order chi connectivity index (χ1) is 9.56. The van der Waals surface area contributed by atoms with E-state index in [9.17, 15) is 9.59 Å². The third-order valence-corrected chi connectivity index (χ3v) is 3.83. The summed E-state index contributed by atoms with van der Waals surface area (Å²) in [6.45, 7) is 2.94. The second-order valence-electron chi connectivity index (χ2n) is 5.15. The van der Waals surface area contributed by atoms with Crippen LogP contribution in [-0.4, -0.2) is 54.7 Å². The van der Waals surface area contributed by atoms with Crippen LogP contribution in [0.3, 0.4) is 0 Å². The molecule has 1 aromatic carbocycles. The maximum Gasteiger partial charge on any atom is 0.290 e. The minimum Gasteiger partial charge on any atom is -0.334 e. The summed E-state index contributed by atoms with van der Waals surface area (Å²) in [4.78, 5) is 27.8. The summed E-state index contributed by atoms with van der Waals surface area (Å²) in [5.74, 6) is -0.642. The summed E-state index contributed by atoms with van der Waals surface area (Å²) >= 11 is 5.81. The molecule has 1 aromatic rings. The molecule has 2 rings (SSSR count). The van der Waals surface area contributed by atoms with E-state index in [1.807, 2.05) is 19.2 Å². The smallest absolute Gasteiger partial charge is 0.290 e. The number of hydrogen-bond donors (Lipinski definition) is 0. The molecule has 20 heavy (non-hydrogen) atoms. The number of benzene rings is 1. The van der Waals surface area contributed by atoms with Gasteiger partial charge in [0.2, 0.25) is 5.78 Å². The molecule has 0 atom stereocenters. The molecule has 0 unspecified atom stereocenters. The first-order valence-corrected chi connectivity index (χ1v) is 7.19. The van der Waals surface area contributed by atoms with Crippen LogP contribution in [0.25, 0.3) is 0 Å². The lowest BCUT2D eigenvalue weighted by Crippen LogP contribution is -2.49. The first-order valence-electron chi connectivity index (χ1n) is 6.81. The number of nitrogens with zero attached hydrogens (tertiary/aromatic N) is 2. The number of hydrogen-bond acceptors (Lipinski definition) is 3. The van der Waals surface area contributed by atoms with Crippen molar-refractivity contribution in [3.63, 3.8) is 0 Å². The molecule has 0 aromatic heterocycles. The van der Waals surface area contributed by atoms with Gasteiger partial charge < -0.3 is 9.80 Å². The molecule has 1 saturated heterocycles. The van der Waals surface area contributed by atoms with Gasteiger partial charge >= 0.3 is 0 Å². The number of likely N-dealkylation sites (N-methyl/N-ethyl adjacent to an activating group) is 1. The van der Waals surface area contributed by atoms with Crippen molar-refractivity contribution in [2.75, 3.05) is 33.2 Å². The zero-order chi connectivity index (χ0) is 14.5. The average molecular weight is 295 g/mol. The number of ketones is 1. The highest BCUT2D eigenvalue weighted by molar-refractivity contribution is 6.36. The molecular formula is C15H19ClN2O2. The van der Waals surface area contributed by atoms with Crippen LogP contribution >= 0.6 is 11.6 Å². The number of rotatable bonds is 4. The number of aryl methyl sites for hydroxylation is 1. The van der Waals surface area contributed by atoms with Gasteiger partial charge in [-0.1, -0.05) is 23.7 Å². The molecule has 1 aliphatic heterocycles. The third-order valence-electron chi connectivity index (χ3n) is 3.58. The molecule has 1 fully saturated rings. The first kappa shape index (κ1) is 15.0. The zero-order valence-corrected chi connectivity index (χ0v) is 12.4.